The van der Waals surface area contributed by atoms with Gasteiger partial charge in [0.25, 0.3) is 0 Å². The summed E-state index contributed by atoms with van der Waals surface area (Å²) in [4.78, 5) is 32.8. The van der Waals surface area contributed by atoms with Crippen molar-refractivity contribution in [1.29, 1.82) is 0 Å². The second kappa shape index (κ2) is 6.21. The lowest BCUT2D eigenvalue weighted by atomic mass is 9.90. The third-order valence-corrected chi connectivity index (χ3v) is 5.66. The topological polar surface area (TPSA) is 56.4 Å². The molecule has 2 aliphatic rings. The number of hydrogen-bond acceptors (Lipinski definition) is 2. The Morgan fingerprint density at radius 1 is 1.20 bits per heavy atom. The maximum Gasteiger partial charge on any atom is 0.246 e. The van der Waals surface area contributed by atoms with Crippen molar-refractivity contribution in [3.63, 3.8) is 0 Å². The molecule has 1 aromatic carbocycles. The lowest BCUT2D eigenvalue weighted by molar-refractivity contribution is -0.159. The molecule has 0 unspecified atom stereocenters. The highest BCUT2D eigenvalue weighted by Gasteiger charge is 2.45. The summed E-state index contributed by atoms with van der Waals surface area (Å²) >= 11 is 0. The summed E-state index contributed by atoms with van der Waals surface area (Å²) in [6.45, 7) is 5.08. The number of aromatic amines is 1. The number of aromatic nitrogens is 1. The highest BCUT2D eigenvalue weighted by atomic mass is 16.2. The van der Waals surface area contributed by atoms with Crippen LogP contribution in [0.25, 0.3) is 10.9 Å². The van der Waals surface area contributed by atoms with E-state index in [1.807, 2.05) is 19.1 Å². The molecule has 2 aliphatic heterocycles. The average Bonchev–Trinajstić information content (AvgIpc) is 2.98. The summed E-state index contributed by atoms with van der Waals surface area (Å²) in [5, 5.41) is 1.17. The van der Waals surface area contributed by atoms with Crippen LogP contribution in [-0.4, -0.2) is 45.7 Å². The molecule has 0 bridgehead atoms. The van der Waals surface area contributed by atoms with E-state index in [0.717, 1.165) is 30.5 Å². The Morgan fingerprint density at radius 2 is 2.00 bits per heavy atom. The number of nitrogens with zero attached hydrogens (tertiary/aromatic N) is 2. The Hall–Kier alpha value is -2.30. The van der Waals surface area contributed by atoms with Crippen LogP contribution in [0.3, 0.4) is 0 Å². The summed E-state index contributed by atoms with van der Waals surface area (Å²) in [5.74, 6) is 0.177. The number of benzene rings is 1. The average molecular weight is 339 g/mol. The molecule has 0 aliphatic carbocycles. The number of rotatable bonds is 4. The maximum atomic E-state index is 13.0. The van der Waals surface area contributed by atoms with Crippen LogP contribution >= 0.6 is 0 Å². The Labute approximate surface area is 148 Å². The molecule has 1 N–H and O–H groups in total. The van der Waals surface area contributed by atoms with E-state index in [9.17, 15) is 9.59 Å². The fourth-order valence-electron chi connectivity index (χ4n) is 4.37. The fourth-order valence-corrected chi connectivity index (χ4v) is 4.37. The summed E-state index contributed by atoms with van der Waals surface area (Å²) in [5.41, 5.74) is 3.36. The van der Waals surface area contributed by atoms with Gasteiger partial charge in [0.15, 0.2) is 0 Å². The van der Waals surface area contributed by atoms with Crippen LogP contribution in [0.1, 0.15) is 50.4 Å². The molecular weight excluding hydrogens is 314 g/mol. The van der Waals surface area contributed by atoms with E-state index in [-0.39, 0.29) is 30.4 Å². The van der Waals surface area contributed by atoms with Crippen LogP contribution in [0, 0.1) is 0 Å². The minimum Gasteiger partial charge on any atom is -0.356 e. The van der Waals surface area contributed by atoms with Crippen LogP contribution < -0.4 is 0 Å². The van der Waals surface area contributed by atoms with Crippen molar-refractivity contribution in [3.05, 3.63) is 35.5 Å². The third kappa shape index (κ3) is 2.53. The van der Waals surface area contributed by atoms with Crippen molar-refractivity contribution in [2.24, 2.45) is 0 Å². The minimum atomic E-state index is -0.357. The number of piperazine rings is 1. The van der Waals surface area contributed by atoms with Gasteiger partial charge in [-0.2, -0.15) is 0 Å². The first-order valence-corrected chi connectivity index (χ1v) is 9.31. The molecule has 0 saturated carbocycles. The first-order valence-electron chi connectivity index (χ1n) is 9.31. The van der Waals surface area contributed by atoms with Gasteiger partial charge in [-0.1, -0.05) is 38.0 Å². The normalized spacial score (nSPS) is 23.1. The van der Waals surface area contributed by atoms with Gasteiger partial charge in [-0.3, -0.25) is 9.59 Å². The van der Waals surface area contributed by atoms with Gasteiger partial charge in [-0.25, -0.2) is 0 Å². The molecule has 0 radical (unpaired) electrons. The first-order chi connectivity index (χ1) is 12.1. The van der Waals surface area contributed by atoms with Gasteiger partial charge in [-0.05, 0) is 25.0 Å². The van der Waals surface area contributed by atoms with Crippen molar-refractivity contribution < 1.29 is 9.59 Å². The van der Waals surface area contributed by atoms with Gasteiger partial charge in [0, 0.05) is 29.6 Å². The number of H-pyrrole nitrogens is 1. The van der Waals surface area contributed by atoms with Crippen molar-refractivity contribution in [2.45, 2.75) is 51.6 Å². The van der Waals surface area contributed by atoms with Crippen molar-refractivity contribution in [1.82, 2.24) is 14.8 Å². The van der Waals surface area contributed by atoms with Crippen LogP contribution in [0.5, 0.6) is 0 Å². The number of para-hydroxylation sites is 1. The van der Waals surface area contributed by atoms with Crippen LogP contribution in [0.4, 0.5) is 0 Å². The zero-order valence-electron chi connectivity index (χ0n) is 14.9. The van der Waals surface area contributed by atoms with E-state index >= 15 is 0 Å². The summed E-state index contributed by atoms with van der Waals surface area (Å²) in [7, 11) is 0. The van der Waals surface area contributed by atoms with E-state index < -0.39 is 0 Å². The molecule has 0 spiro atoms. The van der Waals surface area contributed by atoms with Gasteiger partial charge in [0.2, 0.25) is 11.8 Å². The quantitative estimate of drug-likeness (QED) is 0.871. The van der Waals surface area contributed by atoms with Crippen LogP contribution in [0.15, 0.2) is 24.3 Å². The molecule has 3 heterocycles. The van der Waals surface area contributed by atoms with Crippen molar-refractivity contribution in [3.8, 4) is 0 Å². The standard InChI is InChI=1S/C20H25N3O2/c1-3-4-7-10-22-12-18(24)23-13(2)19-15(11-17(23)20(22)25)14-8-5-6-9-16(14)21-19/h5-6,8-9,13,17,21H,3-4,7,10-12H2,1-2H3/t13-,17+/m1/s1. The molecule has 132 valence electrons. The van der Waals surface area contributed by atoms with Gasteiger partial charge in [0.1, 0.15) is 6.04 Å². The zero-order chi connectivity index (χ0) is 17.6. The van der Waals surface area contributed by atoms with Crippen LogP contribution in [-0.2, 0) is 16.0 Å². The minimum absolute atomic E-state index is 0.0675. The number of nitrogens with one attached hydrogen (secondary N) is 1. The van der Waals surface area contributed by atoms with E-state index in [4.69, 9.17) is 0 Å². The third-order valence-electron chi connectivity index (χ3n) is 5.66. The predicted molar refractivity (Wildman–Crippen MR) is 97.2 cm³/mol. The molecule has 2 atom stereocenters. The predicted octanol–water partition coefficient (Wildman–Crippen LogP) is 3.01. The Morgan fingerprint density at radius 3 is 2.80 bits per heavy atom. The van der Waals surface area contributed by atoms with Gasteiger partial charge >= 0.3 is 0 Å². The molecule has 1 saturated heterocycles. The lowest BCUT2D eigenvalue weighted by Crippen LogP contribution is -2.62. The summed E-state index contributed by atoms with van der Waals surface area (Å²) in [6.07, 6.45) is 3.78. The zero-order valence-corrected chi connectivity index (χ0v) is 14.9. The first kappa shape index (κ1) is 16.2. The van der Waals surface area contributed by atoms with Gasteiger partial charge in [0.05, 0.1) is 12.6 Å². The molecule has 5 heteroatoms. The molecule has 4 rings (SSSR count). The van der Waals surface area contributed by atoms with Crippen molar-refractivity contribution in [2.75, 3.05) is 13.1 Å². The smallest absolute Gasteiger partial charge is 0.246 e. The monoisotopic (exact) mass is 339 g/mol. The highest BCUT2D eigenvalue weighted by molar-refractivity contribution is 5.97. The molecule has 5 nitrogen and oxygen atoms in total. The molecule has 1 aromatic heterocycles. The Balaban J connectivity index is 1.68. The highest BCUT2D eigenvalue weighted by Crippen LogP contribution is 2.38. The molecule has 1 fully saturated rings. The lowest BCUT2D eigenvalue weighted by Gasteiger charge is -2.46. The number of hydrogen-bond donors (Lipinski definition) is 1. The largest absolute Gasteiger partial charge is 0.356 e. The number of carbonyl (C=O) groups excluding carboxylic acids is 2. The second-order valence-electron chi connectivity index (χ2n) is 7.23. The van der Waals surface area contributed by atoms with E-state index in [1.54, 1.807) is 9.80 Å². The number of amides is 2. The van der Waals surface area contributed by atoms with Gasteiger partial charge in [-0.15, -0.1) is 0 Å². The van der Waals surface area contributed by atoms with E-state index in [0.29, 0.717) is 13.0 Å². The Kier molecular flexibility index (Phi) is 4.02. The van der Waals surface area contributed by atoms with E-state index in [2.05, 4.69) is 24.0 Å². The second-order valence-corrected chi connectivity index (χ2v) is 7.23. The fraction of sp³-hybridized carbons (Fsp3) is 0.500. The van der Waals surface area contributed by atoms with Crippen LogP contribution in [0.2, 0.25) is 0 Å². The summed E-state index contributed by atoms with van der Waals surface area (Å²) in [6, 6.07) is 7.74. The Bertz CT molecular complexity index is 825. The maximum absolute atomic E-state index is 13.0. The van der Waals surface area contributed by atoms with E-state index in [1.165, 1.54) is 10.9 Å². The number of fused-ring (bicyclic) bond motifs is 4. The molecule has 2 aromatic rings. The number of unbranched alkanes of at least 4 members (excludes halogenated alkanes) is 2. The summed E-state index contributed by atoms with van der Waals surface area (Å²) < 4.78 is 0. The number of carbonyl (C=O) groups is 2. The SMILES string of the molecule is CCCCCN1CC(=O)N2[C@H](C)c3[nH]c4ccccc4c3C[C@H]2C1=O. The molecule has 2 amide bonds. The van der Waals surface area contributed by atoms with Gasteiger partial charge < -0.3 is 14.8 Å². The molecular formula is C20H25N3O2. The van der Waals surface area contributed by atoms with Crippen molar-refractivity contribution >= 4 is 22.7 Å². The molecule has 25 heavy (non-hydrogen) atoms.